The summed E-state index contributed by atoms with van der Waals surface area (Å²) < 4.78 is 0. The van der Waals surface area contributed by atoms with Gasteiger partial charge in [-0.05, 0) is 20.5 Å². The van der Waals surface area contributed by atoms with Crippen LogP contribution in [0, 0.1) is 0 Å². The molecule has 0 saturated heterocycles. The maximum atomic E-state index is 9.73. The van der Waals surface area contributed by atoms with Crippen molar-refractivity contribution in [2.24, 2.45) is 0 Å². The minimum absolute atomic E-state index is 0.242. The van der Waals surface area contributed by atoms with Crippen molar-refractivity contribution >= 4 is 11.8 Å². The molecule has 0 aliphatic carbocycles. The zero-order chi connectivity index (χ0) is 12.8. The molecule has 17 heavy (non-hydrogen) atoms. The smallest absolute Gasteiger partial charge is 0.221 e. The largest absolute Gasteiger partial charge is 0.390 e. The second-order valence-electron chi connectivity index (χ2n) is 4.25. The van der Waals surface area contributed by atoms with E-state index in [0.29, 0.717) is 18.9 Å². The molecule has 0 amide bonds. The van der Waals surface area contributed by atoms with Crippen molar-refractivity contribution in [1.29, 1.82) is 0 Å². The highest BCUT2D eigenvalue weighted by Gasteiger charge is 2.08. The predicted molar refractivity (Wildman–Crippen MR) is 68.9 cm³/mol. The number of likely N-dealkylation sites (N-methyl/N-ethyl adjacent to an activating group) is 1. The van der Waals surface area contributed by atoms with E-state index in [1.807, 2.05) is 25.9 Å². The molecule has 0 aromatic carbocycles. The van der Waals surface area contributed by atoms with Crippen molar-refractivity contribution in [3.05, 3.63) is 11.8 Å². The van der Waals surface area contributed by atoms with E-state index < -0.39 is 6.10 Å². The Hall–Kier alpha value is -1.40. The van der Waals surface area contributed by atoms with Crippen molar-refractivity contribution in [3.63, 3.8) is 0 Å². The monoisotopic (exact) mass is 239 g/mol. The maximum absolute atomic E-state index is 9.73. The summed E-state index contributed by atoms with van der Waals surface area (Å²) in [7, 11) is 3.84. The Morgan fingerprint density at radius 2 is 2.24 bits per heavy atom. The topological polar surface area (TPSA) is 87.3 Å². The molecule has 1 rings (SSSR count). The third-order valence-corrected chi connectivity index (χ3v) is 2.35. The SMILES string of the molecule is CCc1cnc(N)nc1NC[C@H](O)CN(C)C. The second kappa shape index (κ2) is 6.36. The Balaban J connectivity index is 2.58. The number of nitrogens with zero attached hydrogens (tertiary/aromatic N) is 3. The minimum atomic E-state index is -0.439. The first-order valence-electron chi connectivity index (χ1n) is 5.71. The minimum Gasteiger partial charge on any atom is -0.390 e. The summed E-state index contributed by atoms with van der Waals surface area (Å²) in [6.07, 6.45) is 2.10. The standard InChI is InChI=1S/C11H21N5O/c1-4-8-5-14-11(12)15-10(8)13-6-9(17)7-16(2)3/h5,9,17H,4,6-7H2,1-3H3,(H3,12,13,14,15)/t9-/m0/s1. The van der Waals surface area contributed by atoms with E-state index in [1.165, 1.54) is 0 Å². The highest BCUT2D eigenvalue weighted by Crippen LogP contribution is 2.12. The lowest BCUT2D eigenvalue weighted by molar-refractivity contribution is 0.148. The Bertz CT molecular complexity index is 356. The number of hydrogen-bond acceptors (Lipinski definition) is 6. The van der Waals surface area contributed by atoms with Crippen LogP contribution in [-0.4, -0.2) is 53.3 Å². The first kappa shape index (κ1) is 13.7. The van der Waals surface area contributed by atoms with Crippen LogP contribution in [0.25, 0.3) is 0 Å². The van der Waals surface area contributed by atoms with Crippen LogP contribution >= 0.6 is 0 Å². The Morgan fingerprint density at radius 3 is 2.82 bits per heavy atom. The van der Waals surface area contributed by atoms with Crippen LogP contribution in [-0.2, 0) is 6.42 Å². The molecular formula is C11H21N5O. The molecule has 1 heterocycles. The van der Waals surface area contributed by atoms with Gasteiger partial charge in [-0.25, -0.2) is 4.98 Å². The highest BCUT2D eigenvalue weighted by atomic mass is 16.3. The Kier molecular flexibility index (Phi) is 5.11. The molecule has 0 bridgehead atoms. The number of anilines is 2. The summed E-state index contributed by atoms with van der Waals surface area (Å²) in [6, 6.07) is 0. The molecule has 1 atom stereocenters. The third kappa shape index (κ3) is 4.54. The number of nitrogens with two attached hydrogens (primary N) is 1. The Labute approximate surface area is 102 Å². The summed E-state index contributed by atoms with van der Waals surface area (Å²) >= 11 is 0. The van der Waals surface area contributed by atoms with Gasteiger partial charge >= 0.3 is 0 Å². The molecule has 0 aliphatic heterocycles. The fourth-order valence-electron chi connectivity index (χ4n) is 1.53. The number of nitrogen functional groups attached to an aromatic ring is 1. The molecule has 0 aliphatic rings. The maximum Gasteiger partial charge on any atom is 0.221 e. The third-order valence-electron chi connectivity index (χ3n) is 2.35. The zero-order valence-electron chi connectivity index (χ0n) is 10.6. The van der Waals surface area contributed by atoms with Crippen LogP contribution < -0.4 is 11.1 Å². The van der Waals surface area contributed by atoms with Crippen LogP contribution in [0.4, 0.5) is 11.8 Å². The average Bonchev–Trinajstić information content (AvgIpc) is 2.25. The molecule has 0 spiro atoms. The van der Waals surface area contributed by atoms with Gasteiger partial charge in [-0.2, -0.15) is 4.98 Å². The highest BCUT2D eigenvalue weighted by molar-refractivity contribution is 5.46. The van der Waals surface area contributed by atoms with E-state index in [2.05, 4.69) is 15.3 Å². The normalized spacial score (nSPS) is 12.8. The van der Waals surface area contributed by atoms with Gasteiger partial charge in [0.25, 0.3) is 0 Å². The molecule has 0 saturated carbocycles. The number of rotatable bonds is 6. The number of hydrogen-bond donors (Lipinski definition) is 3. The van der Waals surface area contributed by atoms with E-state index in [9.17, 15) is 5.11 Å². The van der Waals surface area contributed by atoms with Crippen LogP contribution in [0.1, 0.15) is 12.5 Å². The van der Waals surface area contributed by atoms with Crippen molar-refractivity contribution in [1.82, 2.24) is 14.9 Å². The van der Waals surface area contributed by atoms with E-state index in [4.69, 9.17) is 5.73 Å². The van der Waals surface area contributed by atoms with Gasteiger partial charge in [-0.15, -0.1) is 0 Å². The van der Waals surface area contributed by atoms with Crippen LogP contribution in [0.2, 0.25) is 0 Å². The van der Waals surface area contributed by atoms with Gasteiger partial charge in [-0.3, -0.25) is 0 Å². The predicted octanol–water partition coefficient (Wildman–Crippen LogP) is -0.0444. The van der Waals surface area contributed by atoms with Crippen LogP contribution in [0.3, 0.4) is 0 Å². The first-order chi connectivity index (χ1) is 8.02. The van der Waals surface area contributed by atoms with Gasteiger partial charge in [0.05, 0.1) is 6.10 Å². The average molecular weight is 239 g/mol. The van der Waals surface area contributed by atoms with Gasteiger partial charge in [0.15, 0.2) is 0 Å². The van der Waals surface area contributed by atoms with Crippen LogP contribution in [0.15, 0.2) is 6.20 Å². The molecule has 6 nitrogen and oxygen atoms in total. The number of aliphatic hydroxyl groups is 1. The zero-order valence-corrected chi connectivity index (χ0v) is 10.6. The number of aliphatic hydroxyl groups excluding tert-OH is 1. The molecule has 0 fully saturated rings. The summed E-state index contributed by atoms with van der Waals surface area (Å²) in [6.45, 7) is 3.08. The summed E-state index contributed by atoms with van der Waals surface area (Å²) in [4.78, 5) is 10.00. The van der Waals surface area contributed by atoms with Gasteiger partial charge in [0, 0.05) is 24.8 Å². The van der Waals surface area contributed by atoms with Gasteiger partial charge < -0.3 is 21.1 Å². The van der Waals surface area contributed by atoms with Crippen molar-refractivity contribution < 1.29 is 5.11 Å². The molecule has 0 unspecified atom stereocenters. The lowest BCUT2D eigenvalue weighted by Gasteiger charge is -2.17. The summed E-state index contributed by atoms with van der Waals surface area (Å²) in [5.41, 5.74) is 6.53. The first-order valence-corrected chi connectivity index (χ1v) is 5.71. The molecule has 96 valence electrons. The van der Waals surface area contributed by atoms with E-state index >= 15 is 0 Å². The number of aromatic nitrogens is 2. The molecule has 4 N–H and O–H groups in total. The van der Waals surface area contributed by atoms with Gasteiger partial charge in [-0.1, -0.05) is 6.92 Å². The number of aryl methyl sites for hydroxylation is 1. The van der Waals surface area contributed by atoms with Crippen molar-refractivity contribution in [2.75, 3.05) is 38.2 Å². The van der Waals surface area contributed by atoms with E-state index in [-0.39, 0.29) is 5.95 Å². The Morgan fingerprint density at radius 1 is 1.53 bits per heavy atom. The lowest BCUT2D eigenvalue weighted by atomic mass is 10.2. The van der Waals surface area contributed by atoms with E-state index in [1.54, 1.807) is 6.20 Å². The molecule has 0 radical (unpaired) electrons. The van der Waals surface area contributed by atoms with Crippen LogP contribution in [0.5, 0.6) is 0 Å². The second-order valence-corrected chi connectivity index (χ2v) is 4.25. The quantitative estimate of drug-likeness (QED) is 0.645. The fourth-order valence-corrected chi connectivity index (χ4v) is 1.53. The molecule has 1 aromatic heterocycles. The van der Waals surface area contributed by atoms with E-state index in [0.717, 1.165) is 12.0 Å². The lowest BCUT2D eigenvalue weighted by Crippen LogP contribution is -2.31. The van der Waals surface area contributed by atoms with Gasteiger partial charge in [0.2, 0.25) is 5.95 Å². The summed E-state index contributed by atoms with van der Waals surface area (Å²) in [5.74, 6) is 0.949. The molecule has 6 heteroatoms. The van der Waals surface area contributed by atoms with Crippen molar-refractivity contribution in [3.8, 4) is 0 Å². The molecular weight excluding hydrogens is 218 g/mol. The molecule has 1 aromatic rings. The van der Waals surface area contributed by atoms with Crippen molar-refractivity contribution in [2.45, 2.75) is 19.4 Å². The fraction of sp³-hybridized carbons (Fsp3) is 0.636. The van der Waals surface area contributed by atoms with Gasteiger partial charge in [0.1, 0.15) is 5.82 Å². The summed E-state index contributed by atoms with van der Waals surface area (Å²) in [5, 5.41) is 12.8. The number of nitrogens with one attached hydrogen (secondary N) is 1.